The molecule has 2 heterocycles. The number of ketones is 1. The fourth-order valence-electron chi connectivity index (χ4n) is 4.20. The third-order valence-electron chi connectivity index (χ3n) is 5.93. The van der Waals surface area contributed by atoms with Crippen LogP contribution in [0.4, 0.5) is 0 Å². The topological polar surface area (TPSA) is 111 Å². The summed E-state index contributed by atoms with van der Waals surface area (Å²) in [7, 11) is 1.32. The number of amides is 2. The number of benzene rings is 2. The van der Waals surface area contributed by atoms with E-state index in [1.165, 1.54) is 23.8 Å². The van der Waals surface area contributed by atoms with E-state index in [-0.39, 0.29) is 12.4 Å². The molecule has 0 radical (unpaired) electrons. The van der Waals surface area contributed by atoms with Gasteiger partial charge in [-0.3, -0.25) is 14.4 Å². The molecule has 3 atom stereocenters. The van der Waals surface area contributed by atoms with E-state index in [4.69, 9.17) is 14.2 Å². The number of β-lactam (4-membered cyclic amide) rings is 1. The van der Waals surface area contributed by atoms with Gasteiger partial charge < -0.3 is 24.4 Å². The van der Waals surface area contributed by atoms with Gasteiger partial charge in [0.1, 0.15) is 17.2 Å². The Morgan fingerprint density at radius 1 is 1.00 bits per heavy atom. The zero-order valence-corrected chi connectivity index (χ0v) is 20.4. The van der Waals surface area contributed by atoms with Crippen LogP contribution < -0.4 is 10.1 Å². The average molecular weight is 499 g/mol. The van der Waals surface area contributed by atoms with E-state index in [1.54, 1.807) is 68.4 Å². The number of nitrogens with one attached hydrogen (secondary N) is 1. The maximum Gasteiger partial charge on any atom is 0.330 e. The Hall–Kier alpha value is -3.37. The Morgan fingerprint density at radius 3 is 2.26 bits per heavy atom. The number of methoxy groups -OCH3 is 1. The maximum absolute atomic E-state index is 13.2. The van der Waals surface area contributed by atoms with Crippen LogP contribution in [0, 0.1) is 0 Å². The van der Waals surface area contributed by atoms with Gasteiger partial charge in [-0.15, -0.1) is 11.8 Å². The van der Waals surface area contributed by atoms with E-state index >= 15 is 0 Å². The second kappa shape index (κ2) is 9.71. The Balaban J connectivity index is 1.41. The molecule has 0 aliphatic carbocycles. The van der Waals surface area contributed by atoms with Gasteiger partial charge in [0.15, 0.2) is 19.0 Å². The van der Waals surface area contributed by atoms with Gasteiger partial charge in [0.25, 0.3) is 17.5 Å². The summed E-state index contributed by atoms with van der Waals surface area (Å²) >= 11 is 1.32. The molecule has 0 saturated carbocycles. The predicted octanol–water partition coefficient (Wildman–Crippen LogP) is 2.01. The lowest BCUT2D eigenvalue weighted by molar-refractivity contribution is -0.202. The van der Waals surface area contributed by atoms with Gasteiger partial charge in [0.2, 0.25) is 0 Å². The van der Waals surface area contributed by atoms with Crippen molar-refractivity contribution in [1.29, 1.82) is 0 Å². The van der Waals surface area contributed by atoms with Gasteiger partial charge in [-0.1, -0.05) is 48.5 Å². The van der Waals surface area contributed by atoms with Crippen LogP contribution >= 0.6 is 11.8 Å². The first-order valence-corrected chi connectivity index (χ1v) is 11.9. The summed E-state index contributed by atoms with van der Waals surface area (Å²) < 4.78 is 15.5. The van der Waals surface area contributed by atoms with Crippen molar-refractivity contribution < 1.29 is 33.4 Å². The van der Waals surface area contributed by atoms with Crippen molar-refractivity contribution in [3.8, 4) is 5.75 Å². The normalized spacial score (nSPS) is 24.2. The lowest BCUT2D eigenvalue weighted by atomic mass is 9.93. The number of para-hydroxylation sites is 1. The molecule has 2 aliphatic rings. The second-order valence-corrected chi connectivity index (χ2v) is 10.4. The van der Waals surface area contributed by atoms with Crippen LogP contribution in [-0.4, -0.2) is 70.7 Å². The fraction of sp³-hybridized carbons (Fsp3) is 0.360. The maximum atomic E-state index is 13.2. The van der Waals surface area contributed by atoms with Gasteiger partial charge in [0.05, 0.1) is 0 Å². The molecule has 0 spiro atoms. The SMILES string of the molecule is CO[C@@]1(NC(=O)COc2ccccc2)C(=O)N2[C@@H](C(=O)OCC(=O)c3ccccc3)C(C)(C)S[C@@H]21. The molecule has 4 rings (SSSR count). The third kappa shape index (κ3) is 4.63. The standard InChI is InChI=1S/C25H26N2O7S/c1-24(2)20(21(30)34-14-18(28)16-10-6-4-7-11-16)27-22(31)25(32-3,23(27)35-24)26-19(29)15-33-17-12-8-5-9-13-17/h4-13,20,23H,14-15H2,1-3H3,(H,26,29)/t20-,23+,25-/m0/s1. The quantitative estimate of drug-likeness (QED) is 0.242. The molecule has 2 aromatic carbocycles. The monoisotopic (exact) mass is 498 g/mol. The molecule has 0 aromatic heterocycles. The molecule has 0 unspecified atom stereocenters. The molecule has 2 aliphatic heterocycles. The van der Waals surface area contributed by atoms with E-state index in [0.29, 0.717) is 11.3 Å². The average Bonchev–Trinajstić information content (AvgIpc) is 3.14. The van der Waals surface area contributed by atoms with Gasteiger partial charge >= 0.3 is 5.97 Å². The first-order valence-electron chi connectivity index (χ1n) is 11.0. The summed E-state index contributed by atoms with van der Waals surface area (Å²) in [5.41, 5.74) is -1.20. The lowest BCUT2D eigenvalue weighted by Crippen LogP contribution is -2.80. The number of thioether (sulfide) groups is 1. The predicted molar refractivity (Wildman–Crippen MR) is 128 cm³/mol. The number of rotatable bonds is 9. The van der Waals surface area contributed by atoms with Crippen molar-refractivity contribution in [2.75, 3.05) is 20.3 Å². The highest BCUT2D eigenvalue weighted by atomic mass is 32.2. The molecule has 2 fully saturated rings. The van der Waals surface area contributed by atoms with Crippen LogP contribution in [0.25, 0.3) is 0 Å². The smallest absolute Gasteiger partial charge is 0.330 e. The van der Waals surface area contributed by atoms with Crippen molar-refractivity contribution in [2.45, 2.75) is 35.7 Å². The first kappa shape index (κ1) is 24.7. The van der Waals surface area contributed by atoms with Gasteiger partial charge in [-0.2, -0.15) is 0 Å². The third-order valence-corrected chi connectivity index (χ3v) is 7.54. The molecular formula is C25H26N2O7S. The number of hydrogen-bond acceptors (Lipinski definition) is 8. The summed E-state index contributed by atoms with van der Waals surface area (Å²) in [6.07, 6.45) is 0. The number of fused-ring (bicyclic) bond motifs is 1. The molecule has 0 bridgehead atoms. The van der Waals surface area contributed by atoms with Crippen LogP contribution in [0.5, 0.6) is 5.75 Å². The summed E-state index contributed by atoms with van der Waals surface area (Å²) in [6, 6.07) is 16.4. The second-order valence-electron chi connectivity index (χ2n) is 8.68. The molecule has 1 N–H and O–H groups in total. The van der Waals surface area contributed by atoms with Crippen LogP contribution in [0.1, 0.15) is 24.2 Å². The Labute approximate surface area is 207 Å². The molecule has 9 nitrogen and oxygen atoms in total. The lowest BCUT2D eigenvalue weighted by Gasteiger charge is -2.51. The molecular weight excluding hydrogens is 472 g/mol. The van der Waals surface area contributed by atoms with Gasteiger partial charge in [0, 0.05) is 17.4 Å². The van der Waals surface area contributed by atoms with Crippen molar-refractivity contribution in [2.24, 2.45) is 0 Å². The minimum absolute atomic E-state index is 0.309. The van der Waals surface area contributed by atoms with E-state index in [0.717, 1.165) is 0 Å². The van der Waals surface area contributed by atoms with Crippen molar-refractivity contribution in [3.63, 3.8) is 0 Å². The highest BCUT2D eigenvalue weighted by Crippen LogP contribution is 2.55. The summed E-state index contributed by atoms with van der Waals surface area (Å²) in [5.74, 6) is -1.62. The summed E-state index contributed by atoms with van der Waals surface area (Å²) in [6.45, 7) is 2.86. The first-order chi connectivity index (χ1) is 16.7. The van der Waals surface area contributed by atoms with Gasteiger partial charge in [-0.25, -0.2) is 4.79 Å². The molecule has 2 saturated heterocycles. The van der Waals surface area contributed by atoms with Crippen LogP contribution in [-0.2, 0) is 23.9 Å². The number of carbonyl (C=O) groups excluding carboxylic acids is 4. The Bertz CT molecular complexity index is 1130. The van der Waals surface area contributed by atoms with Crippen molar-refractivity contribution >= 4 is 35.3 Å². The highest BCUT2D eigenvalue weighted by molar-refractivity contribution is 8.01. The van der Waals surface area contributed by atoms with Gasteiger partial charge in [-0.05, 0) is 26.0 Å². The van der Waals surface area contributed by atoms with E-state index in [2.05, 4.69) is 5.32 Å². The highest BCUT2D eigenvalue weighted by Gasteiger charge is 2.73. The van der Waals surface area contributed by atoms with Crippen molar-refractivity contribution in [3.05, 3.63) is 66.2 Å². The number of Topliss-reactive ketones (excluding diaryl/α,β-unsaturated/α-hetero) is 1. The molecule has 10 heteroatoms. The number of esters is 1. The summed E-state index contributed by atoms with van der Waals surface area (Å²) in [4.78, 5) is 52.5. The number of ether oxygens (including phenoxy) is 3. The largest absolute Gasteiger partial charge is 0.484 e. The zero-order chi connectivity index (χ0) is 25.2. The molecule has 2 aromatic rings. The fourth-order valence-corrected chi connectivity index (χ4v) is 5.86. The minimum Gasteiger partial charge on any atom is -0.484 e. The molecule has 35 heavy (non-hydrogen) atoms. The summed E-state index contributed by atoms with van der Waals surface area (Å²) in [5, 5.41) is 1.98. The Morgan fingerprint density at radius 2 is 1.63 bits per heavy atom. The van der Waals surface area contributed by atoms with Crippen molar-refractivity contribution in [1.82, 2.24) is 10.2 Å². The minimum atomic E-state index is -1.63. The van der Waals surface area contributed by atoms with E-state index in [9.17, 15) is 19.2 Å². The van der Waals surface area contributed by atoms with Crippen LogP contribution in [0.2, 0.25) is 0 Å². The number of hydrogen-bond donors (Lipinski definition) is 1. The number of nitrogens with zero attached hydrogens (tertiary/aromatic N) is 1. The van der Waals surface area contributed by atoms with Crippen LogP contribution in [0.15, 0.2) is 60.7 Å². The zero-order valence-electron chi connectivity index (χ0n) is 19.6. The van der Waals surface area contributed by atoms with Crippen LogP contribution in [0.3, 0.4) is 0 Å². The van der Waals surface area contributed by atoms with E-state index in [1.807, 2.05) is 6.07 Å². The number of carbonyl (C=O) groups is 4. The molecule has 2 amide bonds. The Kier molecular flexibility index (Phi) is 6.86. The van der Waals surface area contributed by atoms with E-state index < -0.39 is 46.3 Å². The molecule has 184 valence electrons.